The zero-order chi connectivity index (χ0) is 15.9. The highest BCUT2D eigenvalue weighted by Gasteiger charge is 2.40. The lowest BCUT2D eigenvalue weighted by atomic mass is 9.98. The van der Waals surface area contributed by atoms with E-state index in [0.717, 1.165) is 31.1 Å². The molecule has 2 N–H and O–H groups in total. The summed E-state index contributed by atoms with van der Waals surface area (Å²) in [7, 11) is -0.235. The minimum atomic E-state index is -3.34. The van der Waals surface area contributed by atoms with Crippen molar-refractivity contribution in [3.8, 4) is 0 Å². The van der Waals surface area contributed by atoms with E-state index in [1.54, 1.807) is 26.2 Å². The van der Waals surface area contributed by atoms with Crippen molar-refractivity contribution in [1.82, 2.24) is 9.21 Å². The monoisotopic (exact) mass is 323 g/mol. The van der Waals surface area contributed by atoms with E-state index >= 15 is 0 Å². The second kappa shape index (κ2) is 5.92. The molecule has 6 heteroatoms. The molecule has 122 valence electrons. The second-order valence-electron chi connectivity index (χ2n) is 6.79. The molecule has 0 spiro atoms. The highest BCUT2D eigenvalue weighted by atomic mass is 32.2. The molecule has 0 bridgehead atoms. The third-order valence-electron chi connectivity index (χ3n) is 5.10. The van der Waals surface area contributed by atoms with Crippen LogP contribution in [0.1, 0.15) is 18.4 Å². The van der Waals surface area contributed by atoms with E-state index in [1.165, 1.54) is 17.1 Å². The van der Waals surface area contributed by atoms with E-state index in [0.29, 0.717) is 16.9 Å². The molecule has 1 saturated heterocycles. The maximum atomic E-state index is 12.1. The van der Waals surface area contributed by atoms with Gasteiger partial charge in [-0.15, -0.1) is 0 Å². The Labute approximate surface area is 133 Å². The molecule has 0 aromatic heterocycles. The Kier molecular flexibility index (Phi) is 4.29. The van der Waals surface area contributed by atoms with E-state index in [-0.39, 0.29) is 0 Å². The van der Waals surface area contributed by atoms with Crippen molar-refractivity contribution in [2.75, 3.05) is 27.2 Å². The van der Waals surface area contributed by atoms with Crippen molar-refractivity contribution in [1.29, 1.82) is 0 Å². The fraction of sp³-hybridized carbons (Fsp3) is 0.625. The first-order chi connectivity index (χ1) is 10.4. The van der Waals surface area contributed by atoms with E-state index in [2.05, 4.69) is 4.90 Å². The van der Waals surface area contributed by atoms with E-state index < -0.39 is 10.0 Å². The lowest BCUT2D eigenvalue weighted by Crippen LogP contribution is -2.30. The van der Waals surface area contributed by atoms with Crippen LogP contribution < -0.4 is 5.73 Å². The first-order valence-corrected chi connectivity index (χ1v) is 9.31. The molecular formula is C16H25N3O2S. The average molecular weight is 323 g/mol. The summed E-state index contributed by atoms with van der Waals surface area (Å²) in [5.74, 6) is 1.40. The number of benzene rings is 1. The summed E-state index contributed by atoms with van der Waals surface area (Å²) < 4.78 is 25.4. The number of hydrogen-bond acceptors (Lipinski definition) is 4. The minimum absolute atomic E-state index is 0.349. The standard InChI is InChI=1S/C16H25N3O2S/c1-18(2)22(20,21)14-6-3-12(4-7-14)9-19-10-13-5-8-16(17)15(13)11-19/h3-4,6-7,13,15-16H,5,8-11,17H2,1-2H3. The van der Waals surface area contributed by atoms with Crippen LogP contribution >= 0.6 is 0 Å². The highest BCUT2D eigenvalue weighted by Crippen LogP contribution is 2.37. The molecule has 3 rings (SSSR count). The van der Waals surface area contributed by atoms with Gasteiger partial charge in [0.2, 0.25) is 10.0 Å². The van der Waals surface area contributed by atoms with Crippen LogP contribution in [-0.4, -0.2) is 50.8 Å². The molecule has 0 amide bonds. The van der Waals surface area contributed by atoms with Crippen LogP contribution in [0.3, 0.4) is 0 Å². The number of sulfonamides is 1. The van der Waals surface area contributed by atoms with Crippen molar-refractivity contribution in [2.45, 2.75) is 30.3 Å². The highest BCUT2D eigenvalue weighted by molar-refractivity contribution is 7.89. The molecule has 1 heterocycles. The summed E-state index contributed by atoms with van der Waals surface area (Å²) in [6.45, 7) is 3.07. The van der Waals surface area contributed by atoms with Gasteiger partial charge >= 0.3 is 0 Å². The number of nitrogens with two attached hydrogens (primary N) is 1. The number of hydrogen-bond donors (Lipinski definition) is 1. The Balaban J connectivity index is 1.65. The summed E-state index contributed by atoms with van der Waals surface area (Å²) in [6, 6.07) is 7.61. The van der Waals surface area contributed by atoms with Gasteiger partial charge in [-0.05, 0) is 42.4 Å². The van der Waals surface area contributed by atoms with Gasteiger partial charge in [-0.25, -0.2) is 12.7 Å². The van der Waals surface area contributed by atoms with Crippen molar-refractivity contribution in [3.63, 3.8) is 0 Å². The Morgan fingerprint density at radius 3 is 2.45 bits per heavy atom. The topological polar surface area (TPSA) is 66.6 Å². The van der Waals surface area contributed by atoms with Crippen LogP contribution in [0.2, 0.25) is 0 Å². The van der Waals surface area contributed by atoms with E-state index in [9.17, 15) is 8.42 Å². The number of nitrogens with zero attached hydrogens (tertiary/aromatic N) is 2. The fourth-order valence-corrected chi connectivity index (χ4v) is 4.67. The Hall–Kier alpha value is -0.950. The fourth-order valence-electron chi connectivity index (χ4n) is 3.76. The predicted octanol–water partition coefficient (Wildman–Crippen LogP) is 1.11. The summed E-state index contributed by atoms with van der Waals surface area (Å²) >= 11 is 0. The second-order valence-corrected chi connectivity index (χ2v) is 8.94. The van der Waals surface area contributed by atoms with Crippen LogP contribution in [0, 0.1) is 11.8 Å². The summed E-state index contributed by atoms with van der Waals surface area (Å²) in [5, 5.41) is 0. The molecular weight excluding hydrogens is 298 g/mol. The smallest absolute Gasteiger partial charge is 0.242 e. The van der Waals surface area contributed by atoms with Crippen LogP contribution in [0.25, 0.3) is 0 Å². The summed E-state index contributed by atoms with van der Waals surface area (Å²) in [5.41, 5.74) is 7.33. The van der Waals surface area contributed by atoms with Crippen molar-refractivity contribution in [3.05, 3.63) is 29.8 Å². The van der Waals surface area contributed by atoms with Gasteiger partial charge in [-0.2, -0.15) is 0 Å². The van der Waals surface area contributed by atoms with Crippen molar-refractivity contribution >= 4 is 10.0 Å². The minimum Gasteiger partial charge on any atom is -0.327 e. The maximum Gasteiger partial charge on any atom is 0.242 e. The van der Waals surface area contributed by atoms with Gasteiger partial charge in [0.1, 0.15) is 0 Å². The van der Waals surface area contributed by atoms with Crippen LogP contribution in [-0.2, 0) is 16.6 Å². The Morgan fingerprint density at radius 2 is 1.86 bits per heavy atom. The zero-order valence-electron chi connectivity index (χ0n) is 13.3. The molecule has 1 aliphatic carbocycles. The van der Waals surface area contributed by atoms with Crippen molar-refractivity contribution in [2.24, 2.45) is 17.6 Å². The predicted molar refractivity (Wildman–Crippen MR) is 86.8 cm³/mol. The van der Waals surface area contributed by atoms with Crippen LogP contribution in [0.15, 0.2) is 29.2 Å². The van der Waals surface area contributed by atoms with Gasteiger partial charge in [-0.3, -0.25) is 4.90 Å². The number of likely N-dealkylation sites (tertiary alicyclic amines) is 1. The normalized spacial score (nSPS) is 29.2. The van der Waals surface area contributed by atoms with Crippen LogP contribution in [0.5, 0.6) is 0 Å². The average Bonchev–Trinajstić information content (AvgIpc) is 3.01. The molecule has 5 nitrogen and oxygen atoms in total. The Bertz CT molecular complexity index is 627. The van der Waals surface area contributed by atoms with Gasteiger partial charge in [0.25, 0.3) is 0 Å². The van der Waals surface area contributed by atoms with Gasteiger partial charge in [-0.1, -0.05) is 12.1 Å². The first-order valence-electron chi connectivity index (χ1n) is 7.87. The maximum absolute atomic E-state index is 12.1. The lowest BCUT2D eigenvalue weighted by molar-refractivity contribution is 0.298. The molecule has 0 radical (unpaired) electrons. The number of rotatable bonds is 4. The van der Waals surface area contributed by atoms with Gasteiger partial charge < -0.3 is 5.73 Å². The van der Waals surface area contributed by atoms with Gasteiger partial charge in [0.15, 0.2) is 0 Å². The Morgan fingerprint density at radius 1 is 1.18 bits per heavy atom. The summed E-state index contributed by atoms with van der Waals surface area (Å²) in [4.78, 5) is 2.80. The third-order valence-corrected chi connectivity index (χ3v) is 6.93. The molecule has 1 saturated carbocycles. The van der Waals surface area contributed by atoms with Gasteiger partial charge in [0.05, 0.1) is 4.90 Å². The first kappa shape index (κ1) is 15.9. The van der Waals surface area contributed by atoms with E-state index in [1.807, 2.05) is 12.1 Å². The molecule has 1 aliphatic heterocycles. The van der Waals surface area contributed by atoms with E-state index in [4.69, 9.17) is 5.73 Å². The summed E-state index contributed by atoms with van der Waals surface area (Å²) in [6.07, 6.45) is 2.42. The molecule has 22 heavy (non-hydrogen) atoms. The lowest BCUT2D eigenvalue weighted by Gasteiger charge is -2.18. The molecule has 3 unspecified atom stereocenters. The molecule has 1 aromatic rings. The van der Waals surface area contributed by atoms with Gasteiger partial charge in [0, 0.05) is 39.8 Å². The largest absolute Gasteiger partial charge is 0.327 e. The SMILES string of the molecule is CN(C)S(=O)(=O)c1ccc(CN2CC3CCC(N)C3C2)cc1. The quantitative estimate of drug-likeness (QED) is 0.901. The van der Waals surface area contributed by atoms with Crippen LogP contribution in [0.4, 0.5) is 0 Å². The molecule has 3 atom stereocenters. The van der Waals surface area contributed by atoms with Crippen molar-refractivity contribution < 1.29 is 8.42 Å². The number of fused-ring (bicyclic) bond motifs is 1. The zero-order valence-corrected chi connectivity index (χ0v) is 14.1. The molecule has 1 aromatic carbocycles. The molecule has 2 fully saturated rings. The third kappa shape index (κ3) is 2.93. The molecule has 2 aliphatic rings.